The summed E-state index contributed by atoms with van der Waals surface area (Å²) >= 11 is 1.69. The third-order valence-corrected chi connectivity index (χ3v) is 5.67. The van der Waals surface area contributed by atoms with Crippen molar-refractivity contribution in [3.05, 3.63) is 70.2 Å². The van der Waals surface area contributed by atoms with E-state index in [1.807, 2.05) is 12.4 Å². The number of rotatable bonds is 10. The van der Waals surface area contributed by atoms with Crippen molar-refractivity contribution in [2.45, 2.75) is 59.2 Å². The lowest BCUT2D eigenvalue weighted by atomic mass is 10.1. The zero-order chi connectivity index (χ0) is 21.2. The summed E-state index contributed by atoms with van der Waals surface area (Å²) in [5.41, 5.74) is 2.52. The molecule has 6 nitrogen and oxygen atoms in total. The number of aromatic nitrogens is 3. The Morgan fingerprint density at radius 1 is 1.20 bits per heavy atom. The van der Waals surface area contributed by atoms with Gasteiger partial charge in [0, 0.05) is 30.9 Å². The van der Waals surface area contributed by atoms with Gasteiger partial charge in [-0.05, 0) is 31.2 Å². The zero-order valence-corrected chi connectivity index (χ0v) is 19.0. The van der Waals surface area contributed by atoms with Crippen molar-refractivity contribution in [3.63, 3.8) is 0 Å². The quantitative estimate of drug-likeness (QED) is 0.375. The lowest BCUT2D eigenvalue weighted by Crippen LogP contribution is -2.36. The minimum absolute atomic E-state index is 0.456. The Morgan fingerprint density at radius 2 is 2.03 bits per heavy atom. The van der Waals surface area contributed by atoms with Crippen LogP contribution in [-0.2, 0) is 26.1 Å². The van der Waals surface area contributed by atoms with E-state index in [1.165, 1.54) is 5.56 Å². The molecule has 2 aromatic heterocycles. The normalized spacial score (nSPS) is 11.8. The molecule has 160 valence electrons. The third-order valence-electron chi connectivity index (χ3n) is 4.80. The number of benzene rings is 1. The second-order valence-electron chi connectivity index (χ2n) is 7.50. The molecule has 0 aliphatic heterocycles. The van der Waals surface area contributed by atoms with E-state index in [0.717, 1.165) is 48.4 Å². The maximum absolute atomic E-state index is 4.73. The molecule has 0 bridgehead atoms. The molecule has 3 aromatic rings. The average molecular weight is 425 g/mol. The van der Waals surface area contributed by atoms with Crippen LogP contribution in [0.25, 0.3) is 0 Å². The number of imidazole rings is 1. The highest BCUT2D eigenvalue weighted by atomic mass is 32.1. The fraction of sp³-hybridized carbons (Fsp3) is 0.435. The molecule has 3 rings (SSSR count). The number of guanidine groups is 1. The van der Waals surface area contributed by atoms with Gasteiger partial charge < -0.3 is 15.2 Å². The molecule has 0 saturated carbocycles. The van der Waals surface area contributed by atoms with E-state index in [9.17, 15) is 0 Å². The van der Waals surface area contributed by atoms with Gasteiger partial charge in [0.2, 0.25) is 0 Å². The smallest absolute Gasteiger partial charge is 0.192 e. The molecule has 30 heavy (non-hydrogen) atoms. The Morgan fingerprint density at radius 3 is 2.77 bits per heavy atom. The van der Waals surface area contributed by atoms with E-state index in [2.05, 4.69) is 81.7 Å². The summed E-state index contributed by atoms with van der Waals surface area (Å²) in [7, 11) is 0. The van der Waals surface area contributed by atoms with Gasteiger partial charge in [0.1, 0.15) is 17.4 Å². The maximum atomic E-state index is 4.73. The highest BCUT2D eigenvalue weighted by molar-refractivity contribution is 7.09. The third kappa shape index (κ3) is 6.69. The van der Waals surface area contributed by atoms with Crippen LogP contribution in [0.5, 0.6) is 0 Å². The van der Waals surface area contributed by atoms with Crippen molar-refractivity contribution in [1.29, 1.82) is 0 Å². The van der Waals surface area contributed by atoms with Gasteiger partial charge >= 0.3 is 0 Å². The van der Waals surface area contributed by atoms with E-state index >= 15 is 0 Å². The van der Waals surface area contributed by atoms with Gasteiger partial charge in [0.25, 0.3) is 0 Å². The fourth-order valence-corrected chi connectivity index (χ4v) is 4.01. The van der Waals surface area contributed by atoms with Crippen molar-refractivity contribution in [1.82, 2.24) is 25.2 Å². The second-order valence-corrected chi connectivity index (χ2v) is 8.44. The summed E-state index contributed by atoms with van der Waals surface area (Å²) in [6, 6.07) is 10.6. The van der Waals surface area contributed by atoms with Crippen LogP contribution in [-0.4, -0.2) is 27.0 Å². The number of aryl methyl sites for hydroxylation is 2. The Balaban J connectivity index is 1.53. The van der Waals surface area contributed by atoms with Crippen molar-refractivity contribution in [2.75, 3.05) is 6.54 Å². The van der Waals surface area contributed by atoms with Crippen LogP contribution in [0.1, 0.15) is 55.2 Å². The molecule has 0 fully saturated rings. The Bertz CT molecular complexity index is 913. The second kappa shape index (κ2) is 11.5. The topological polar surface area (TPSA) is 67.1 Å². The highest BCUT2D eigenvalue weighted by Gasteiger charge is 2.07. The first-order valence-corrected chi connectivity index (χ1v) is 11.5. The Hall–Kier alpha value is -2.67. The summed E-state index contributed by atoms with van der Waals surface area (Å²) in [5.74, 6) is 2.23. The molecule has 0 spiro atoms. The van der Waals surface area contributed by atoms with Gasteiger partial charge in [0.05, 0.1) is 12.2 Å². The molecule has 0 unspecified atom stereocenters. The highest BCUT2D eigenvalue weighted by Crippen LogP contribution is 2.17. The first-order valence-electron chi connectivity index (χ1n) is 10.7. The first kappa shape index (κ1) is 22.0. The van der Waals surface area contributed by atoms with Crippen LogP contribution in [0.4, 0.5) is 0 Å². The van der Waals surface area contributed by atoms with Gasteiger partial charge in [-0.1, -0.05) is 44.2 Å². The van der Waals surface area contributed by atoms with Crippen molar-refractivity contribution in [2.24, 2.45) is 4.99 Å². The molecule has 0 saturated heterocycles. The standard InChI is InChI=1S/C23H32N6S/c1-4-24-23(27-16-22-28-20(17-30-22)18(2)3)26-15-21-25-12-14-29(21)13-8-11-19-9-6-5-7-10-19/h5-7,9-10,12,14,17-18H,4,8,11,13,15-16H2,1-3H3,(H2,24,26,27). The minimum atomic E-state index is 0.456. The molecule has 0 atom stereocenters. The molecule has 2 heterocycles. The van der Waals surface area contributed by atoms with Gasteiger partial charge in [-0.15, -0.1) is 11.3 Å². The largest absolute Gasteiger partial charge is 0.357 e. The van der Waals surface area contributed by atoms with Crippen molar-refractivity contribution >= 4 is 17.3 Å². The van der Waals surface area contributed by atoms with Gasteiger partial charge in [-0.25, -0.2) is 15.0 Å². The number of aliphatic imine (C=N–C) groups is 1. The molecule has 7 heteroatoms. The average Bonchev–Trinajstić information content (AvgIpc) is 3.40. The molecule has 1 aromatic carbocycles. The monoisotopic (exact) mass is 424 g/mol. The van der Waals surface area contributed by atoms with Crippen LogP contribution >= 0.6 is 11.3 Å². The van der Waals surface area contributed by atoms with Gasteiger partial charge in [-0.3, -0.25) is 0 Å². The van der Waals surface area contributed by atoms with E-state index in [1.54, 1.807) is 11.3 Å². The lowest BCUT2D eigenvalue weighted by Gasteiger charge is -2.11. The summed E-state index contributed by atoms with van der Waals surface area (Å²) in [6.07, 6.45) is 6.05. The van der Waals surface area contributed by atoms with E-state index in [0.29, 0.717) is 19.0 Å². The Kier molecular flexibility index (Phi) is 8.44. The lowest BCUT2D eigenvalue weighted by molar-refractivity contribution is 0.610. The Labute approximate surface area is 183 Å². The number of hydrogen-bond donors (Lipinski definition) is 2. The summed E-state index contributed by atoms with van der Waals surface area (Å²) in [5, 5.41) is 9.91. The fourth-order valence-electron chi connectivity index (χ4n) is 3.12. The number of nitrogens with one attached hydrogen (secondary N) is 2. The molecule has 0 radical (unpaired) electrons. The predicted molar refractivity (Wildman–Crippen MR) is 125 cm³/mol. The predicted octanol–water partition coefficient (Wildman–Crippen LogP) is 4.35. The van der Waals surface area contributed by atoms with E-state index in [-0.39, 0.29) is 0 Å². The van der Waals surface area contributed by atoms with Crippen molar-refractivity contribution < 1.29 is 0 Å². The first-order chi connectivity index (χ1) is 14.7. The van der Waals surface area contributed by atoms with Gasteiger partial charge in [0.15, 0.2) is 5.96 Å². The van der Waals surface area contributed by atoms with Crippen LogP contribution in [0, 0.1) is 0 Å². The summed E-state index contributed by atoms with van der Waals surface area (Å²) in [4.78, 5) is 13.9. The van der Waals surface area contributed by atoms with Crippen molar-refractivity contribution in [3.8, 4) is 0 Å². The minimum Gasteiger partial charge on any atom is -0.357 e. The van der Waals surface area contributed by atoms with E-state index in [4.69, 9.17) is 4.99 Å². The number of nitrogens with zero attached hydrogens (tertiary/aromatic N) is 4. The van der Waals surface area contributed by atoms with Crippen LogP contribution in [0.2, 0.25) is 0 Å². The van der Waals surface area contributed by atoms with Gasteiger partial charge in [-0.2, -0.15) is 0 Å². The van der Waals surface area contributed by atoms with Crippen LogP contribution in [0.15, 0.2) is 53.1 Å². The SMILES string of the molecule is CCNC(=NCc1nccn1CCCc1ccccc1)NCc1nc(C(C)C)cs1. The molecule has 0 aliphatic carbocycles. The summed E-state index contributed by atoms with van der Waals surface area (Å²) < 4.78 is 2.20. The number of hydrogen-bond acceptors (Lipinski definition) is 4. The van der Waals surface area contributed by atoms with Crippen LogP contribution in [0.3, 0.4) is 0 Å². The van der Waals surface area contributed by atoms with Crippen LogP contribution < -0.4 is 10.6 Å². The maximum Gasteiger partial charge on any atom is 0.192 e. The number of thiazole rings is 1. The summed E-state index contributed by atoms with van der Waals surface area (Å²) in [6.45, 7) is 9.38. The molecular formula is C23H32N6S. The zero-order valence-electron chi connectivity index (χ0n) is 18.1. The molecule has 0 aliphatic rings. The van der Waals surface area contributed by atoms with E-state index < -0.39 is 0 Å². The molecular weight excluding hydrogens is 392 g/mol. The molecule has 2 N–H and O–H groups in total. The molecule has 0 amide bonds.